The van der Waals surface area contributed by atoms with Crippen LogP contribution in [-0.4, -0.2) is 17.4 Å². The average Bonchev–Trinajstić information content (AvgIpc) is 2.69. The summed E-state index contributed by atoms with van der Waals surface area (Å²) in [5.74, 6) is 0.992. The zero-order valence-corrected chi connectivity index (χ0v) is 14.5. The molecular formula is C13H26Cl2N2Si. The Bertz CT molecular complexity index is 308. The van der Waals surface area contributed by atoms with Crippen molar-refractivity contribution in [3.05, 3.63) is 17.2 Å². The highest BCUT2D eigenvalue weighted by Crippen LogP contribution is 2.16. The van der Waals surface area contributed by atoms with Crippen LogP contribution in [0.4, 0.5) is 0 Å². The van der Waals surface area contributed by atoms with Crippen LogP contribution >= 0.6 is 22.7 Å². The Balaban J connectivity index is 0.000000331. The Hall–Kier alpha value is 0.00688. The van der Waals surface area contributed by atoms with Gasteiger partial charge in [0.25, 0.3) is 0 Å². The summed E-state index contributed by atoms with van der Waals surface area (Å²) in [5, 5.41) is 0.631. The van der Waals surface area contributed by atoms with Gasteiger partial charge >= 0.3 is 0 Å². The van der Waals surface area contributed by atoms with Gasteiger partial charge in [-0.15, -0.1) is 0 Å². The molecule has 0 atom stereocenters. The third-order valence-electron chi connectivity index (χ3n) is 2.49. The lowest BCUT2D eigenvalue weighted by atomic mass is 10.2. The van der Waals surface area contributed by atoms with Crippen LogP contribution in [0, 0.1) is 0 Å². The Labute approximate surface area is 122 Å². The predicted octanol–water partition coefficient (Wildman–Crippen LogP) is 5.64. The molecule has 2 nitrogen and oxygen atoms in total. The van der Waals surface area contributed by atoms with Crippen molar-refractivity contribution in [3.8, 4) is 0 Å². The maximum Gasteiger partial charge on any atom is 0.150 e. The molecule has 0 bridgehead atoms. The number of nitrogens with one attached hydrogen (secondary N) is 1. The minimum atomic E-state index is -1.21. The van der Waals surface area contributed by atoms with E-state index in [2.05, 4.69) is 36.9 Å². The van der Waals surface area contributed by atoms with Crippen molar-refractivity contribution in [2.75, 3.05) is 0 Å². The van der Waals surface area contributed by atoms with Crippen LogP contribution in [-0.2, 0) is 6.42 Å². The van der Waals surface area contributed by atoms with Gasteiger partial charge in [0.15, 0.2) is 0 Å². The fraction of sp³-hybridized carbons (Fsp3) is 0.769. The number of H-pyrrole nitrogens is 1. The number of aromatic nitrogens is 2. The maximum absolute atomic E-state index is 6.05. The first kappa shape index (κ1) is 18.0. The molecule has 1 aromatic heterocycles. The number of hydrogen-bond donors (Lipinski definition) is 1. The number of aryl methyl sites for hydroxylation is 1. The van der Waals surface area contributed by atoms with Crippen LogP contribution in [0.1, 0.15) is 45.4 Å². The summed E-state index contributed by atoms with van der Waals surface area (Å²) in [6.07, 6.45) is 7.60. The number of nitrogens with zero attached hydrogens (tertiary/aromatic N) is 1. The SMILES string of the molecule is CCCC[Si](C)(C)Cl.CCCCc1ncc(Cl)[nH]1. The summed E-state index contributed by atoms with van der Waals surface area (Å²) >= 11 is 11.7. The molecule has 5 heteroatoms. The first-order valence-corrected chi connectivity index (χ1v) is 11.4. The zero-order valence-electron chi connectivity index (χ0n) is 12.0. The average molecular weight is 309 g/mol. The van der Waals surface area contributed by atoms with E-state index in [4.69, 9.17) is 22.7 Å². The summed E-state index contributed by atoms with van der Waals surface area (Å²) in [6, 6.07) is 1.27. The van der Waals surface area contributed by atoms with Crippen molar-refractivity contribution < 1.29 is 0 Å². The van der Waals surface area contributed by atoms with Crippen molar-refractivity contribution in [3.63, 3.8) is 0 Å². The van der Waals surface area contributed by atoms with Crippen LogP contribution in [0.3, 0.4) is 0 Å². The summed E-state index contributed by atoms with van der Waals surface area (Å²) in [5.41, 5.74) is 0. The van der Waals surface area contributed by atoms with E-state index in [1.165, 1.54) is 31.7 Å². The molecule has 0 fully saturated rings. The quantitative estimate of drug-likeness (QED) is 0.535. The largest absolute Gasteiger partial charge is 0.333 e. The molecule has 0 amide bonds. The minimum Gasteiger partial charge on any atom is -0.333 e. The lowest BCUT2D eigenvalue weighted by Crippen LogP contribution is -2.14. The zero-order chi connectivity index (χ0) is 14.0. The third-order valence-corrected chi connectivity index (χ3v) is 4.79. The summed E-state index contributed by atoms with van der Waals surface area (Å²) < 4.78 is 0. The molecule has 18 heavy (non-hydrogen) atoms. The second-order valence-corrected chi connectivity index (χ2v) is 12.5. The van der Waals surface area contributed by atoms with E-state index in [9.17, 15) is 0 Å². The Kier molecular flexibility index (Phi) is 9.88. The van der Waals surface area contributed by atoms with Crippen molar-refractivity contribution >= 4 is 30.1 Å². The Morgan fingerprint density at radius 1 is 1.22 bits per heavy atom. The van der Waals surface area contributed by atoms with Crippen LogP contribution in [0.5, 0.6) is 0 Å². The Morgan fingerprint density at radius 3 is 2.17 bits per heavy atom. The van der Waals surface area contributed by atoms with Gasteiger partial charge in [0, 0.05) is 6.42 Å². The second kappa shape index (κ2) is 9.87. The summed E-state index contributed by atoms with van der Waals surface area (Å²) in [4.78, 5) is 7.03. The van der Waals surface area contributed by atoms with Gasteiger partial charge in [0.1, 0.15) is 18.4 Å². The van der Waals surface area contributed by atoms with E-state index < -0.39 is 7.38 Å². The van der Waals surface area contributed by atoms with Crippen LogP contribution < -0.4 is 0 Å². The molecule has 1 rings (SSSR count). The monoisotopic (exact) mass is 308 g/mol. The first-order valence-electron chi connectivity index (χ1n) is 6.77. The van der Waals surface area contributed by atoms with Crippen molar-refractivity contribution in [2.24, 2.45) is 0 Å². The number of aromatic amines is 1. The highest BCUT2D eigenvalue weighted by atomic mass is 35.6. The number of imidazole rings is 1. The highest BCUT2D eigenvalue weighted by Gasteiger charge is 2.14. The molecule has 1 N–H and O–H groups in total. The van der Waals surface area contributed by atoms with E-state index in [0.29, 0.717) is 5.15 Å². The minimum absolute atomic E-state index is 0.631. The molecule has 0 spiro atoms. The van der Waals surface area contributed by atoms with Gasteiger partial charge in [-0.05, 0) is 12.5 Å². The molecule has 0 saturated heterocycles. The van der Waals surface area contributed by atoms with Gasteiger partial charge in [-0.25, -0.2) is 4.98 Å². The lowest BCUT2D eigenvalue weighted by Gasteiger charge is -2.10. The van der Waals surface area contributed by atoms with Gasteiger partial charge < -0.3 is 4.98 Å². The van der Waals surface area contributed by atoms with E-state index in [-0.39, 0.29) is 0 Å². The fourth-order valence-electron chi connectivity index (χ4n) is 1.41. The highest BCUT2D eigenvalue weighted by molar-refractivity contribution is 7.19. The molecule has 0 aliphatic heterocycles. The van der Waals surface area contributed by atoms with Crippen molar-refractivity contribution in [1.82, 2.24) is 9.97 Å². The van der Waals surface area contributed by atoms with Gasteiger partial charge in [0.2, 0.25) is 0 Å². The third kappa shape index (κ3) is 11.1. The molecule has 106 valence electrons. The number of halogens is 2. The van der Waals surface area contributed by atoms with Gasteiger partial charge in [-0.2, -0.15) is 11.1 Å². The second-order valence-electron chi connectivity index (χ2n) is 5.10. The molecule has 1 heterocycles. The maximum atomic E-state index is 6.05. The standard InChI is InChI=1S/C7H11ClN2.C6H15ClSi/c1-2-3-4-7-9-5-6(8)10-7;1-4-5-6-8(2,3)7/h5H,2-4H2,1H3,(H,9,10);4-6H2,1-3H3. The van der Waals surface area contributed by atoms with Gasteiger partial charge in [0.05, 0.1) is 6.20 Å². The lowest BCUT2D eigenvalue weighted by molar-refractivity contribution is 0.762. The van der Waals surface area contributed by atoms with E-state index in [0.717, 1.165) is 12.2 Å². The van der Waals surface area contributed by atoms with E-state index >= 15 is 0 Å². The summed E-state index contributed by atoms with van der Waals surface area (Å²) in [7, 11) is -1.21. The molecule has 0 aliphatic rings. The smallest absolute Gasteiger partial charge is 0.150 e. The van der Waals surface area contributed by atoms with Gasteiger partial charge in [-0.1, -0.05) is 57.8 Å². The molecule has 0 saturated carbocycles. The number of hydrogen-bond acceptors (Lipinski definition) is 1. The number of unbranched alkanes of at least 4 members (excludes halogenated alkanes) is 2. The van der Waals surface area contributed by atoms with E-state index in [1.54, 1.807) is 6.20 Å². The first-order chi connectivity index (χ1) is 8.39. The fourth-order valence-corrected chi connectivity index (χ4v) is 3.16. The predicted molar refractivity (Wildman–Crippen MR) is 85.3 cm³/mol. The molecule has 0 unspecified atom stereocenters. The van der Waals surface area contributed by atoms with Crippen molar-refractivity contribution in [1.29, 1.82) is 0 Å². The normalized spacial score (nSPS) is 11.0. The topological polar surface area (TPSA) is 28.7 Å². The van der Waals surface area contributed by atoms with Crippen molar-refractivity contribution in [2.45, 2.75) is 65.1 Å². The Morgan fingerprint density at radius 2 is 1.83 bits per heavy atom. The molecule has 0 radical (unpaired) electrons. The molecule has 0 aliphatic carbocycles. The molecule has 1 aromatic rings. The van der Waals surface area contributed by atoms with Crippen LogP contribution in [0.25, 0.3) is 0 Å². The van der Waals surface area contributed by atoms with Crippen LogP contribution in [0.2, 0.25) is 24.3 Å². The molecule has 0 aromatic carbocycles. The molecular weight excluding hydrogens is 283 g/mol. The summed E-state index contributed by atoms with van der Waals surface area (Å²) in [6.45, 7) is 8.76. The van der Waals surface area contributed by atoms with Gasteiger partial charge in [-0.3, -0.25) is 0 Å². The number of rotatable bonds is 6. The van der Waals surface area contributed by atoms with E-state index in [1.807, 2.05) is 0 Å². The van der Waals surface area contributed by atoms with Crippen LogP contribution in [0.15, 0.2) is 6.20 Å².